The molecule has 5 nitrogen and oxygen atoms in total. The average Bonchev–Trinajstić information content (AvgIpc) is 2.98. The van der Waals surface area contributed by atoms with Crippen LogP contribution in [0.5, 0.6) is 5.19 Å². The third-order valence-corrected chi connectivity index (χ3v) is 3.58. The van der Waals surface area contributed by atoms with Crippen LogP contribution in [0.4, 0.5) is 0 Å². The molecule has 0 radical (unpaired) electrons. The summed E-state index contributed by atoms with van der Waals surface area (Å²) in [4.78, 5) is 0. The highest BCUT2D eigenvalue weighted by atomic mass is 35.5. The van der Waals surface area contributed by atoms with Gasteiger partial charge in [-0.05, 0) is 13.0 Å². The molecule has 0 fully saturated rings. The first kappa shape index (κ1) is 11.4. The number of aryl methyl sites for hydroxylation is 1. The lowest BCUT2D eigenvalue weighted by Crippen LogP contribution is -1.95. The Morgan fingerprint density at radius 1 is 1.39 bits per heavy atom. The molecule has 7 heteroatoms. The van der Waals surface area contributed by atoms with Gasteiger partial charge in [-0.3, -0.25) is 5.10 Å². The largest absolute Gasteiger partial charge is 0.464 e. The molecule has 3 rings (SSSR count). The Morgan fingerprint density at radius 3 is 3.06 bits per heavy atom. The molecule has 0 aliphatic heterocycles. The third kappa shape index (κ3) is 2.04. The molecule has 0 atom stereocenters. The lowest BCUT2D eigenvalue weighted by atomic mass is 10.1. The third-order valence-electron chi connectivity index (χ3n) is 2.51. The van der Waals surface area contributed by atoms with E-state index >= 15 is 0 Å². The maximum Gasteiger partial charge on any atom is 0.294 e. The van der Waals surface area contributed by atoms with E-state index in [2.05, 4.69) is 20.4 Å². The molecule has 2 aromatic heterocycles. The number of halogens is 1. The number of benzene rings is 1. The Morgan fingerprint density at radius 2 is 2.28 bits per heavy atom. The second kappa shape index (κ2) is 4.55. The molecular weight excluding hydrogens is 272 g/mol. The van der Waals surface area contributed by atoms with Crippen molar-refractivity contribution in [2.45, 2.75) is 13.5 Å². The van der Waals surface area contributed by atoms with Crippen molar-refractivity contribution in [3.63, 3.8) is 0 Å². The Kier molecular flexibility index (Phi) is 2.89. The van der Waals surface area contributed by atoms with Gasteiger partial charge < -0.3 is 4.74 Å². The van der Waals surface area contributed by atoms with E-state index in [-0.39, 0.29) is 0 Å². The molecule has 92 valence electrons. The number of nitrogens with zero attached hydrogens (tertiary/aromatic N) is 3. The number of ether oxygens (including phenoxy) is 1. The molecule has 1 aromatic carbocycles. The quantitative estimate of drug-likeness (QED) is 0.801. The fourth-order valence-corrected chi connectivity index (χ4v) is 2.40. The van der Waals surface area contributed by atoms with E-state index in [1.807, 2.05) is 19.1 Å². The van der Waals surface area contributed by atoms with Gasteiger partial charge in [0.25, 0.3) is 5.19 Å². The summed E-state index contributed by atoms with van der Waals surface area (Å²) in [6.07, 6.45) is 1.74. The minimum Gasteiger partial charge on any atom is -0.464 e. The smallest absolute Gasteiger partial charge is 0.294 e. The Hall–Kier alpha value is -1.66. The van der Waals surface area contributed by atoms with Gasteiger partial charge in [0.05, 0.1) is 16.7 Å². The first-order valence-electron chi connectivity index (χ1n) is 5.27. The monoisotopic (exact) mass is 280 g/mol. The number of aromatic nitrogens is 4. The van der Waals surface area contributed by atoms with Crippen molar-refractivity contribution in [2.75, 3.05) is 0 Å². The van der Waals surface area contributed by atoms with E-state index in [4.69, 9.17) is 16.3 Å². The first-order valence-corrected chi connectivity index (χ1v) is 6.47. The first-order chi connectivity index (χ1) is 8.74. The van der Waals surface area contributed by atoms with Crippen LogP contribution in [0.3, 0.4) is 0 Å². The molecule has 3 aromatic rings. The molecule has 0 aliphatic carbocycles. The van der Waals surface area contributed by atoms with E-state index in [9.17, 15) is 0 Å². The van der Waals surface area contributed by atoms with Gasteiger partial charge in [0.15, 0.2) is 0 Å². The van der Waals surface area contributed by atoms with E-state index in [1.165, 1.54) is 11.3 Å². The van der Waals surface area contributed by atoms with Crippen molar-refractivity contribution in [1.29, 1.82) is 0 Å². The van der Waals surface area contributed by atoms with Gasteiger partial charge in [0.1, 0.15) is 11.6 Å². The highest BCUT2D eigenvalue weighted by Crippen LogP contribution is 2.26. The average molecular weight is 281 g/mol. The van der Waals surface area contributed by atoms with Gasteiger partial charge >= 0.3 is 0 Å². The minimum atomic E-state index is 0.418. The maximum absolute atomic E-state index is 6.06. The molecule has 0 spiro atoms. The van der Waals surface area contributed by atoms with Crippen molar-refractivity contribution in [3.8, 4) is 5.19 Å². The molecule has 2 heterocycles. The Balaban J connectivity index is 1.86. The molecule has 0 saturated heterocycles. The number of nitrogens with one attached hydrogen (secondary N) is 1. The zero-order valence-electron chi connectivity index (χ0n) is 9.48. The topological polar surface area (TPSA) is 63.7 Å². The van der Waals surface area contributed by atoms with Crippen LogP contribution in [0.1, 0.15) is 10.6 Å². The zero-order valence-corrected chi connectivity index (χ0v) is 11.0. The van der Waals surface area contributed by atoms with Gasteiger partial charge in [0.2, 0.25) is 0 Å². The molecule has 0 bridgehead atoms. The van der Waals surface area contributed by atoms with Crippen molar-refractivity contribution >= 4 is 33.8 Å². The maximum atomic E-state index is 6.06. The highest BCUT2D eigenvalue weighted by molar-refractivity contribution is 7.12. The van der Waals surface area contributed by atoms with Crippen LogP contribution in [-0.2, 0) is 6.61 Å². The summed E-state index contributed by atoms with van der Waals surface area (Å²) in [5, 5.41) is 17.7. The Bertz CT molecular complexity index is 693. The van der Waals surface area contributed by atoms with E-state index in [0.29, 0.717) is 16.8 Å². The molecular formula is C11H9ClN4OS. The van der Waals surface area contributed by atoms with Crippen LogP contribution in [0.15, 0.2) is 18.3 Å². The summed E-state index contributed by atoms with van der Waals surface area (Å²) in [5.74, 6) is 0. The van der Waals surface area contributed by atoms with E-state index < -0.39 is 0 Å². The van der Waals surface area contributed by atoms with Gasteiger partial charge in [-0.15, -0.1) is 10.2 Å². The lowest BCUT2D eigenvalue weighted by Gasteiger charge is -2.04. The summed E-state index contributed by atoms with van der Waals surface area (Å²) >= 11 is 7.48. The number of fused-ring (bicyclic) bond motifs is 1. The SMILES string of the molecule is Cc1nnc(OCc2ccc(Cl)c3[nH]ncc23)s1. The standard InChI is InChI=1S/C11H9ClN4OS/c1-6-14-16-11(18-6)17-5-7-2-3-9(12)10-8(7)4-13-15-10/h2-4H,5H2,1H3,(H,13,15). The molecule has 0 saturated carbocycles. The van der Waals surface area contributed by atoms with Crippen LogP contribution >= 0.6 is 22.9 Å². The fourth-order valence-electron chi connectivity index (χ4n) is 1.66. The summed E-state index contributed by atoms with van der Waals surface area (Å²) in [6.45, 7) is 2.31. The predicted octanol–water partition coefficient (Wildman–Crippen LogP) is 2.96. The van der Waals surface area contributed by atoms with Crippen LogP contribution in [-0.4, -0.2) is 20.4 Å². The summed E-state index contributed by atoms with van der Waals surface area (Å²) < 4.78 is 5.59. The van der Waals surface area contributed by atoms with Crippen molar-refractivity contribution in [3.05, 3.63) is 33.9 Å². The number of H-pyrrole nitrogens is 1. The summed E-state index contributed by atoms with van der Waals surface area (Å²) in [6, 6.07) is 3.75. The van der Waals surface area contributed by atoms with Crippen LogP contribution < -0.4 is 4.74 Å². The van der Waals surface area contributed by atoms with E-state index in [1.54, 1.807) is 6.20 Å². The lowest BCUT2D eigenvalue weighted by molar-refractivity contribution is 0.303. The van der Waals surface area contributed by atoms with Crippen LogP contribution in [0.2, 0.25) is 5.02 Å². The predicted molar refractivity (Wildman–Crippen MR) is 70.1 cm³/mol. The number of rotatable bonds is 3. The van der Waals surface area contributed by atoms with Crippen molar-refractivity contribution in [1.82, 2.24) is 20.4 Å². The molecule has 0 unspecified atom stereocenters. The normalized spacial score (nSPS) is 11.0. The van der Waals surface area contributed by atoms with Crippen molar-refractivity contribution in [2.24, 2.45) is 0 Å². The van der Waals surface area contributed by atoms with Crippen LogP contribution in [0, 0.1) is 6.92 Å². The fraction of sp³-hybridized carbons (Fsp3) is 0.182. The number of hydrogen-bond donors (Lipinski definition) is 1. The zero-order chi connectivity index (χ0) is 12.5. The Labute approximate surface area is 112 Å². The number of hydrogen-bond acceptors (Lipinski definition) is 5. The van der Waals surface area contributed by atoms with Gasteiger partial charge in [-0.2, -0.15) is 5.10 Å². The molecule has 1 N–H and O–H groups in total. The highest BCUT2D eigenvalue weighted by Gasteiger charge is 2.08. The van der Waals surface area contributed by atoms with Crippen molar-refractivity contribution < 1.29 is 4.74 Å². The second-order valence-corrected chi connectivity index (χ2v) is 5.29. The number of aromatic amines is 1. The molecule has 0 amide bonds. The van der Waals surface area contributed by atoms with Crippen LogP contribution in [0.25, 0.3) is 10.9 Å². The molecule has 0 aliphatic rings. The molecule has 18 heavy (non-hydrogen) atoms. The minimum absolute atomic E-state index is 0.418. The van der Waals surface area contributed by atoms with Gasteiger partial charge in [-0.25, -0.2) is 0 Å². The summed E-state index contributed by atoms with van der Waals surface area (Å²) in [7, 11) is 0. The van der Waals surface area contributed by atoms with E-state index in [0.717, 1.165) is 21.5 Å². The van der Waals surface area contributed by atoms with Gasteiger partial charge in [-0.1, -0.05) is 29.0 Å². The second-order valence-electron chi connectivity index (χ2n) is 3.74. The summed E-state index contributed by atoms with van der Waals surface area (Å²) in [5.41, 5.74) is 1.84. The van der Waals surface area contributed by atoms with Gasteiger partial charge in [0, 0.05) is 10.9 Å².